The van der Waals surface area contributed by atoms with Crippen LogP contribution in [0.4, 0.5) is 0 Å². The Morgan fingerprint density at radius 3 is 3.06 bits per heavy atom. The number of sulfone groups is 1. The molecule has 16 heavy (non-hydrogen) atoms. The van der Waals surface area contributed by atoms with E-state index in [1.807, 2.05) is 17.5 Å². The fraction of sp³-hybridized carbons (Fsp3) is 0.300. The van der Waals surface area contributed by atoms with E-state index in [1.54, 1.807) is 11.3 Å². The molecule has 2 aromatic heterocycles. The molecule has 3 heterocycles. The van der Waals surface area contributed by atoms with Crippen molar-refractivity contribution in [3.63, 3.8) is 0 Å². The van der Waals surface area contributed by atoms with Gasteiger partial charge < -0.3 is 0 Å². The lowest BCUT2D eigenvalue weighted by Crippen LogP contribution is -2.18. The highest BCUT2D eigenvalue weighted by atomic mass is 32.2. The molecule has 0 amide bonds. The number of fused-ring (bicyclic) bond motifs is 1. The maximum absolute atomic E-state index is 11.6. The van der Waals surface area contributed by atoms with Gasteiger partial charge in [-0.25, -0.2) is 8.42 Å². The summed E-state index contributed by atoms with van der Waals surface area (Å²) in [5.74, 6) is 0.345. The van der Waals surface area contributed by atoms with E-state index >= 15 is 0 Å². The van der Waals surface area contributed by atoms with E-state index in [4.69, 9.17) is 0 Å². The number of hydrogen-bond donors (Lipinski definition) is 1. The molecule has 1 aliphatic heterocycles. The second-order valence-corrected chi connectivity index (χ2v) is 6.98. The van der Waals surface area contributed by atoms with Gasteiger partial charge in [-0.15, -0.1) is 11.3 Å². The lowest BCUT2D eigenvalue weighted by molar-refractivity contribution is 0.591. The largest absolute Gasteiger partial charge is 0.282 e. The van der Waals surface area contributed by atoms with Crippen LogP contribution in [-0.4, -0.2) is 24.4 Å². The monoisotopic (exact) mass is 254 g/mol. The molecule has 3 rings (SSSR count). The molecule has 0 spiro atoms. The molecule has 0 saturated heterocycles. The van der Waals surface area contributed by atoms with Crippen molar-refractivity contribution in [3.8, 4) is 10.6 Å². The quantitative estimate of drug-likeness (QED) is 0.841. The van der Waals surface area contributed by atoms with Gasteiger partial charge >= 0.3 is 0 Å². The Morgan fingerprint density at radius 1 is 1.44 bits per heavy atom. The Kier molecular flexibility index (Phi) is 2.15. The zero-order chi connectivity index (χ0) is 11.2. The average Bonchev–Trinajstić information content (AvgIpc) is 2.82. The second-order valence-electron chi connectivity index (χ2n) is 3.85. The Balaban J connectivity index is 2.14. The van der Waals surface area contributed by atoms with Crippen molar-refractivity contribution in [1.82, 2.24) is 10.2 Å². The van der Waals surface area contributed by atoms with E-state index in [-0.39, 0.29) is 11.5 Å². The zero-order valence-electron chi connectivity index (χ0n) is 8.43. The van der Waals surface area contributed by atoms with E-state index in [9.17, 15) is 8.42 Å². The molecular weight excluding hydrogens is 244 g/mol. The highest BCUT2D eigenvalue weighted by molar-refractivity contribution is 7.90. The number of rotatable bonds is 1. The summed E-state index contributed by atoms with van der Waals surface area (Å²) in [6, 6.07) is 3.90. The van der Waals surface area contributed by atoms with E-state index < -0.39 is 9.84 Å². The van der Waals surface area contributed by atoms with E-state index in [1.165, 1.54) is 0 Å². The number of thiophene rings is 1. The van der Waals surface area contributed by atoms with Crippen LogP contribution in [0.15, 0.2) is 17.5 Å². The predicted octanol–water partition coefficient (Wildman–Crippen LogP) is 1.61. The van der Waals surface area contributed by atoms with Gasteiger partial charge in [0.25, 0.3) is 0 Å². The number of nitrogens with one attached hydrogen (secondary N) is 1. The molecule has 0 aromatic carbocycles. The summed E-state index contributed by atoms with van der Waals surface area (Å²) >= 11 is 1.58. The van der Waals surface area contributed by atoms with Crippen molar-refractivity contribution in [3.05, 3.63) is 28.8 Å². The van der Waals surface area contributed by atoms with Gasteiger partial charge in [-0.05, 0) is 11.4 Å². The standard InChI is InChI=1S/C10H10N2O2S2/c13-16(14)5-3-8-7(6-16)10(12-11-8)9-2-1-4-15-9/h1-2,4H,3,5-6H2,(H,11,12). The summed E-state index contributed by atoms with van der Waals surface area (Å²) in [6.07, 6.45) is 0.552. The second kappa shape index (κ2) is 3.43. The minimum atomic E-state index is -2.94. The van der Waals surface area contributed by atoms with Crippen molar-refractivity contribution < 1.29 is 8.42 Å². The molecule has 2 aromatic rings. The summed E-state index contributed by atoms with van der Waals surface area (Å²) in [4.78, 5) is 1.02. The van der Waals surface area contributed by atoms with Gasteiger partial charge in [-0.1, -0.05) is 6.07 Å². The van der Waals surface area contributed by atoms with Crippen LogP contribution in [-0.2, 0) is 22.0 Å². The average molecular weight is 254 g/mol. The minimum Gasteiger partial charge on any atom is -0.282 e. The van der Waals surface area contributed by atoms with Gasteiger partial charge in [0.1, 0.15) is 5.69 Å². The Labute approximate surface area is 97.2 Å². The Morgan fingerprint density at radius 2 is 2.31 bits per heavy atom. The van der Waals surface area contributed by atoms with Crippen molar-refractivity contribution in [2.75, 3.05) is 5.75 Å². The number of aromatic amines is 1. The molecule has 6 heteroatoms. The van der Waals surface area contributed by atoms with Gasteiger partial charge in [0.2, 0.25) is 0 Å². The van der Waals surface area contributed by atoms with Crippen molar-refractivity contribution >= 4 is 21.2 Å². The molecule has 0 radical (unpaired) electrons. The van der Waals surface area contributed by atoms with Gasteiger partial charge in [0.15, 0.2) is 9.84 Å². The predicted molar refractivity (Wildman–Crippen MR) is 63.1 cm³/mol. The maximum atomic E-state index is 11.6. The molecule has 1 N–H and O–H groups in total. The Bertz CT molecular complexity index is 611. The normalized spacial score (nSPS) is 18.2. The summed E-state index contributed by atoms with van der Waals surface area (Å²) in [6.45, 7) is 0. The third-order valence-corrected chi connectivity index (χ3v) is 5.17. The molecular formula is C10H10N2O2S2. The maximum Gasteiger partial charge on any atom is 0.154 e. The third kappa shape index (κ3) is 1.58. The van der Waals surface area contributed by atoms with Gasteiger partial charge in [-0.3, -0.25) is 5.10 Å². The summed E-state index contributed by atoms with van der Waals surface area (Å²) in [7, 11) is -2.94. The summed E-state index contributed by atoms with van der Waals surface area (Å²) < 4.78 is 23.2. The lowest BCUT2D eigenvalue weighted by atomic mass is 10.1. The van der Waals surface area contributed by atoms with Crippen LogP contribution in [0.1, 0.15) is 11.3 Å². The van der Waals surface area contributed by atoms with Gasteiger partial charge in [-0.2, -0.15) is 5.10 Å². The summed E-state index contributed by atoms with van der Waals surface area (Å²) in [5.41, 5.74) is 2.63. The number of aromatic nitrogens is 2. The third-order valence-electron chi connectivity index (χ3n) is 2.73. The number of hydrogen-bond acceptors (Lipinski definition) is 4. The molecule has 0 aliphatic carbocycles. The molecule has 0 bridgehead atoms. The van der Waals surface area contributed by atoms with Crippen LogP contribution in [0.5, 0.6) is 0 Å². The minimum absolute atomic E-state index is 0.117. The molecule has 0 unspecified atom stereocenters. The molecule has 0 atom stereocenters. The molecule has 84 valence electrons. The fourth-order valence-electron chi connectivity index (χ4n) is 1.93. The van der Waals surface area contributed by atoms with E-state index in [0.717, 1.165) is 21.8 Å². The smallest absolute Gasteiger partial charge is 0.154 e. The van der Waals surface area contributed by atoms with Gasteiger partial charge in [0.05, 0.1) is 16.4 Å². The molecule has 1 aliphatic rings. The fourth-order valence-corrected chi connectivity index (χ4v) is 4.08. The van der Waals surface area contributed by atoms with Crippen LogP contribution in [0.25, 0.3) is 10.6 Å². The van der Waals surface area contributed by atoms with Crippen LogP contribution in [0, 0.1) is 0 Å². The van der Waals surface area contributed by atoms with Crippen LogP contribution in [0.3, 0.4) is 0 Å². The van der Waals surface area contributed by atoms with Crippen molar-refractivity contribution in [1.29, 1.82) is 0 Å². The zero-order valence-corrected chi connectivity index (χ0v) is 10.1. The molecule has 0 saturated carbocycles. The first-order valence-electron chi connectivity index (χ1n) is 4.96. The summed E-state index contributed by atoms with van der Waals surface area (Å²) in [5, 5.41) is 9.14. The highest BCUT2D eigenvalue weighted by Gasteiger charge is 2.26. The molecule has 4 nitrogen and oxygen atoms in total. The Hall–Kier alpha value is -1.14. The van der Waals surface area contributed by atoms with E-state index in [0.29, 0.717) is 6.42 Å². The van der Waals surface area contributed by atoms with Crippen LogP contribution in [0.2, 0.25) is 0 Å². The van der Waals surface area contributed by atoms with Crippen LogP contribution < -0.4 is 0 Å². The molecule has 0 fully saturated rings. The number of H-pyrrole nitrogens is 1. The highest BCUT2D eigenvalue weighted by Crippen LogP contribution is 2.31. The van der Waals surface area contributed by atoms with Crippen molar-refractivity contribution in [2.45, 2.75) is 12.2 Å². The van der Waals surface area contributed by atoms with Crippen molar-refractivity contribution in [2.24, 2.45) is 0 Å². The SMILES string of the molecule is O=S1(=O)CCc2[nH]nc(-c3cccs3)c2C1. The van der Waals surface area contributed by atoms with E-state index in [2.05, 4.69) is 10.2 Å². The first-order chi connectivity index (χ1) is 7.66. The van der Waals surface area contributed by atoms with Crippen LogP contribution >= 0.6 is 11.3 Å². The first kappa shape index (κ1) is 10.0. The first-order valence-corrected chi connectivity index (χ1v) is 7.66. The lowest BCUT2D eigenvalue weighted by Gasteiger charge is -2.11. The topological polar surface area (TPSA) is 62.8 Å². The van der Waals surface area contributed by atoms with Gasteiger partial charge in [0, 0.05) is 17.7 Å². The number of nitrogens with zero attached hydrogens (tertiary/aromatic N) is 1. The number of aryl methyl sites for hydroxylation is 1.